The molecular formula is C33H34F4O4. The van der Waals surface area contributed by atoms with Gasteiger partial charge in [-0.15, -0.1) is 13.2 Å². The molecule has 1 N–H and O–H groups in total. The zero-order valence-electron chi connectivity index (χ0n) is 23.1. The van der Waals surface area contributed by atoms with Crippen molar-refractivity contribution in [2.24, 2.45) is 11.3 Å². The van der Waals surface area contributed by atoms with E-state index in [2.05, 4.69) is 18.6 Å². The van der Waals surface area contributed by atoms with Crippen LogP contribution in [0.1, 0.15) is 80.9 Å². The number of carboxylic acids is 1. The number of aliphatic carboxylic acids is 1. The molecule has 0 heterocycles. The van der Waals surface area contributed by atoms with Crippen molar-refractivity contribution in [3.8, 4) is 22.6 Å². The summed E-state index contributed by atoms with van der Waals surface area (Å²) in [6, 6.07) is 16.2. The predicted octanol–water partition coefficient (Wildman–Crippen LogP) is 9.23. The molecular weight excluding hydrogens is 536 g/mol. The fourth-order valence-electron chi connectivity index (χ4n) is 6.29. The van der Waals surface area contributed by atoms with E-state index in [0.29, 0.717) is 17.2 Å². The first-order valence-electron chi connectivity index (χ1n) is 14.0. The SMILES string of the molecule is CC1(C)CCC[C@@H]1c1cc(COc2cccc([C@@H](CC(=O)O)C3CC3)c2)ccc1-c1cc(OC(F)(F)F)ccc1F. The number of benzene rings is 3. The lowest BCUT2D eigenvalue weighted by atomic mass is 9.75. The molecule has 2 fully saturated rings. The van der Waals surface area contributed by atoms with Crippen molar-refractivity contribution in [2.75, 3.05) is 0 Å². The van der Waals surface area contributed by atoms with E-state index in [9.17, 15) is 23.1 Å². The van der Waals surface area contributed by atoms with Crippen LogP contribution in [0.15, 0.2) is 60.7 Å². The fraction of sp³-hybridized carbons (Fsp3) is 0.424. The van der Waals surface area contributed by atoms with Gasteiger partial charge in [0, 0.05) is 5.56 Å². The van der Waals surface area contributed by atoms with E-state index in [1.165, 1.54) is 0 Å². The van der Waals surface area contributed by atoms with Gasteiger partial charge in [0.15, 0.2) is 0 Å². The Hall–Kier alpha value is -3.55. The molecule has 0 aromatic heterocycles. The molecule has 218 valence electrons. The highest BCUT2D eigenvalue weighted by Crippen LogP contribution is 2.51. The van der Waals surface area contributed by atoms with Crippen LogP contribution >= 0.6 is 0 Å². The summed E-state index contributed by atoms with van der Waals surface area (Å²) < 4.78 is 64.0. The molecule has 0 unspecified atom stereocenters. The van der Waals surface area contributed by atoms with Crippen molar-refractivity contribution < 1.29 is 36.9 Å². The van der Waals surface area contributed by atoms with Gasteiger partial charge in [-0.3, -0.25) is 4.79 Å². The van der Waals surface area contributed by atoms with E-state index in [1.54, 1.807) is 12.1 Å². The molecule has 3 aromatic rings. The van der Waals surface area contributed by atoms with Gasteiger partial charge < -0.3 is 14.6 Å². The van der Waals surface area contributed by atoms with Gasteiger partial charge in [-0.1, -0.05) is 50.6 Å². The number of carboxylic acid groups (broad SMARTS) is 1. The summed E-state index contributed by atoms with van der Waals surface area (Å²) in [7, 11) is 0. The number of alkyl halides is 3. The zero-order valence-corrected chi connectivity index (χ0v) is 23.1. The van der Waals surface area contributed by atoms with Crippen molar-refractivity contribution in [3.05, 3.63) is 83.2 Å². The maximum Gasteiger partial charge on any atom is 0.573 e. The average Bonchev–Trinajstić information content (AvgIpc) is 3.68. The lowest BCUT2D eigenvalue weighted by molar-refractivity contribution is -0.274. The van der Waals surface area contributed by atoms with Crippen molar-refractivity contribution >= 4 is 5.97 Å². The molecule has 8 heteroatoms. The molecule has 0 radical (unpaired) electrons. The summed E-state index contributed by atoms with van der Waals surface area (Å²) in [6.45, 7) is 4.56. The molecule has 2 atom stereocenters. The van der Waals surface area contributed by atoms with E-state index < -0.39 is 23.9 Å². The van der Waals surface area contributed by atoms with Crippen molar-refractivity contribution in [1.29, 1.82) is 0 Å². The van der Waals surface area contributed by atoms with E-state index in [4.69, 9.17) is 4.74 Å². The van der Waals surface area contributed by atoms with E-state index in [0.717, 1.165) is 67.0 Å². The van der Waals surface area contributed by atoms with Crippen LogP contribution in [0.3, 0.4) is 0 Å². The van der Waals surface area contributed by atoms with Gasteiger partial charge in [0.05, 0.1) is 6.42 Å². The second kappa shape index (κ2) is 11.4. The molecule has 41 heavy (non-hydrogen) atoms. The molecule has 2 aliphatic carbocycles. The minimum atomic E-state index is -4.88. The molecule has 0 saturated heterocycles. The molecule has 0 aliphatic heterocycles. The van der Waals surface area contributed by atoms with Crippen LogP contribution in [0.25, 0.3) is 11.1 Å². The number of hydrogen-bond donors (Lipinski definition) is 1. The maximum absolute atomic E-state index is 15.1. The lowest BCUT2D eigenvalue weighted by Gasteiger charge is -2.30. The highest BCUT2D eigenvalue weighted by Gasteiger charge is 2.38. The van der Waals surface area contributed by atoms with Gasteiger partial charge in [-0.2, -0.15) is 0 Å². The van der Waals surface area contributed by atoms with Gasteiger partial charge in [0.25, 0.3) is 0 Å². The van der Waals surface area contributed by atoms with Crippen molar-refractivity contribution in [1.82, 2.24) is 0 Å². The van der Waals surface area contributed by atoms with Gasteiger partial charge in [-0.05, 0) is 101 Å². The second-order valence-electron chi connectivity index (χ2n) is 11.9. The smallest absolute Gasteiger partial charge is 0.489 e. The molecule has 4 nitrogen and oxygen atoms in total. The molecule has 0 amide bonds. The first-order valence-corrected chi connectivity index (χ1v) is 14.0. The van der Waals surface area contributed by atoms with Crippen LogP contribution in [-0.2, 0) is 11.4 Å². The largest absolute Gasteiger partial charge is 0.573 e. The fourth-order valence-corrected chi connectivity index (χ4v) is 6.29. The first-order chi connectivity index (χ1) is 19.4. The Morgan fingerprint density at radius 1 is 1.00 bits per heavy atom. The predicted molar refractivity (Wildman–Crippen MR) is 147 cm³/mol. The van der Waals surface area contributed by atoms with E-state index in [1.807, 2.05) is 30.3 Å². The van der Waals surface area contributed by atoms with E-state index >= 15 is 4.39 Å². The average molecular weight is 571 g/mol. The summed E-state index contributed by atoms with van der Waals surface area (Å²) >= 11 is 0. The minimum Gasteiger partial charge on any atom is -0.489 e. The number of carbonyl (C=O) groups is 1. The topological polar surface area (TPSA) is 55.8 Å². The summed E-state index contributed by atoms with van der Waals surface area (Å²) in [6.07, 6.45) is 0.144. The number of rotatable bonds is 10. The third-order valence-electron chi connectivity index (χ3n) is 8.49. The monoisotopic (exact) mass is 570 g/mol. The molecule has 0 bridgehead atoms. The molecule has 2 saturated carbocycles. The highest BCUT2D eigenvalue weighted by atomic mass is 19.4. The van der Waals surface area contributed by atoms with Crippen LogP contribution < -0.4 is 9.47 Å². The van der Waals surface area contributed by atoms with Crippen molar-refractivity contribution in [2.45, 2.75) is 77.2 Å². The zero-order chi connectivity index (χ0) is 29.4. The Kier molecular flexibility index (Phi) is 8.04. The third kappa shape index (κ3) is 7.03. The second-order valence-corrected chi connectivity index (χ2v) is 11.9. The summed E-state index contributed by atoms with van der Waals surface area (Å²) in [5, 5.41) is 9.37. The molecule has 5 rings (SSSR count). The summed E-state index contributed by atoms with van der Waals surface area (Å²) in [5.74, 6) is -0.849. The lowest BCUT2D eigenvalue weighted by Crippen LogP contribution is -2.18. The standard InChI is InChI=1S/C33H34F4O4/c1-32(2)14-4-7-29(32)27-15-20(8-12-25(27)28-17-24(11-13-30(28)34)41-33(35,36)37)19-40-23-6-3-5-22(16-23)26(18-31(38)39)21-9-10-21/h3,5-6,8,11-13,15-17,21,26,29H,4,7,9-10,14,18-19H2,1-2H3,(H,38,39)/t26-,29+/m0/s1. The summed E-state index contributed by atoms with van der Waals surface area (Å²) in [4.78, 5) is 11.4. The van der Waals surface area contributed by atoms with E-state index in [-0.39, 0.29) is 35.8 Å². The first kappa shape index (κ1) is 29.0. The Balaban J connectivity index is 1.44. The quantitative estimate of drug-likeness (QED) is 0.247. The van der Waals surface area contributed by atoms with Crippen LogP contribution in [0.4, 0.5) is 17.6 Å². The molecule has 3 aromatic carbocycles. The number of halogens is 4. The highest BCUT2D eigenvalue weighted by molar-refractivity contribution is 5.71. The third-order valence-corrected chi connectivity index (χ3v) is 8.49. The normalized spacial score (nSPS) is 19.1. The van der Waals surface area contributed by atoms with Gasteiger partial charge in [0.1, 0.15) is 23.9 Å². The summed E-state index contributed by atoms with van der Waals surface area (Å²) in [5.41, 5.74) is 3.22. The van der Waals surface area contributed by atoms with Gasteiger partial charge in [-0.25, -0.2) is 4.39 Å². The molecule has 2 aliphatic rings. The van der Waals surface area contributed by atoms with Crippen LogP contribution in [-0.4, -0.2) is 17.4 Å². The minimum absolute atomic E-state index is 0.0430. The van der Waals surface area contributed by atoms with Gasteiger partial charge >= 0.3 is 12.3 Å². The number of ether oxygens (including phenoxy) is 2. The number of hydrogen-bond acceptors (Lipinski definition) is 3. The van der Waals surface area contributed by atoms with Gasteiger partial charge in [0.2, 0.25) is 0 Å². The molecule has 0 spiro atoms. The van der Waals surface area contributed by atoms with Crippen LogP contribution in [0, 0.1) is 17.2 Å². The Morgan fingerprint density at radius 3 is 2.44 bits per heavy atom. The maximum atomic E-state index is 15.1. The Bertz CT molecular complexity index is 1410. The Morgan fingerprint density at radius 2 is 1.78 bits per heavy atom. The van der Waals surface area contributed by atoms with Crippen LogP contribution in [0.5, 0.6) is 11.5 Å². The van der Waals surface area contributed by atoms with Crippen molar-refractivity contribution in [3.63, 3.8) is 0 Å². The van der Waals surface area contributed by atoms with Crippen LogP contribution in [0.2, 0.25) is 0 Å². The Labute approximate surface area is 237 Å².